The third-order valence-corrected chi connectivity index (χ3v) is 7.30. The molecule has 0 unspecified atom stereocenters. The maximum Gasteiger partial charge on any atom is 0.310 e. The zero-order valence-corrected chi connectivity index (χ0v) is 20.8. The molecule has 1 atom stereocenters. The number of aromatic nitrogens is 1. The summed E-state index contributed by atoms with van der Waals surface area (Å²) in [4.78, 5) is 21.4. The molecule has 0 amide bonds. The van der Waals surface area contributed by atoms with Gasteiger partial charge in [0.1, 0.15) is 5.82 Å². The number of thiazole rings is 1. The summed E-state index contributed by atoms with van der Waals surface area (Å²) in [5.74, 6) is -0.621. The molecule has 176 valence electrons. The van der Waals surface area contributed by atoms with E-state index in [2.05, 4.69) is 41.8 Å². The molecule has 0 radical (unpaired) electrons. The largest absolute Gasteiger partial charge is 0.466 e. The van der Waals surface area contributed by atoms with E-state index in [1.165, 1.54) is 11.6 Å². The Morgan fingerprint density at radius 2 is 2.00 bits per heavy atom. The van der Waals surface area contributed by atoms with Crippen LogP contribution in [0.15, 0.2) is 30.3 Å². The fraction of sp³-hybridized carbons (Fsp3) is 0.440. The SMILES string of the molecule is CCOC(=O)Cc1cc(C)cc(CN2CCN(c3nc4cc(F)c(Cl)cc4s3)[C@@H](CC)C2)c1. The molecule has 0 N–H and O–H groups in total. The molecule has 0 saturated carbocycles. The Morgan fingerprint density at radius 1 is 1.21 bits per heavy atom. The Hall–Kier alpha value is -2.22. The van der Waals surface area contributed by atoms with E-state index < -0.39 is 5.82 Å². The number of esters is 1. The molecular weight excluding hydrogens is 461 g/mol. The molecule has 1 fully saturated rings. The van der Waals surface area contributed by atoms with E-state index in [4.69, 9.17) is 21.3 Å². The van der Waals surface area contributed by atoms with Crippen LogP contribution in [0.2, 0.25) is 5.02 Å². The number of nitrogens with zero attached hydrogens (tertiary/aromatic N) is 3. The van der Waals surface area contributed by atoms with Crippen molar-refractivity contribution in [2.24, 2.45) is 0 Å². The van der Waals surface area contributed by atoms with E-state index in [1.54, 1.807) is 17.4 Å². The lowest BCUT2D eigenvalue weighted by atomic mass is 10.0. The fourth-order valence-electron chi connectivity index (χ4n) is 4.48. The second-order valence-electron chi connectivity index (χ2n) is 8.53. The number of hydrogen-bond acceptors (Lipinski definition) is 6. The van der Waals surface area contributed by atoms with Gasteiger partial charge < -0.3 is 9.64 Å². The van der Waals surface area contributed by atoms with Gasteiger partial charge in [-0.05, 0) is 37.5 Å². The molecule has 3 aromatic rings. The number of fused-ring (bicyclic) bond motifs is 1. The first kappa shape index (κ1) is 23.9. The highest BCUT2D eigenvalue weighted by molar-refractivity contribution is 7.22. The van der Waals surface area contributed by atoms with Crippen LogP contribution >= 0.6 is 22.9 Å². The average Bonchev–Trinajstić information content (AvgIpc) is 3.16. The Morgan fingerprint density at radius 3 is 2.76 bits per heavy atom. The molecule has 8 heteroatoms. The lowest BCUT2D eigenvalue weighted by Crippen LogP contribution is -2.52. The molecule has 1 aliphatic heterocycles. The second kappa shape index (κ2) is 10.4. The smallest absolute Gasteiger partial charge is 0.310 e. The number of ether oxygens (including phenoxy) is 1. The van der Waals surface area contributed by atoms with Crippen LogP contribution in [0, 0.1) is 12.7 Å². The van der Waals surface area contributed by atoms with Crippen LogP contribution in [0.1, 0.15) is 37.0 Å². The predicted octanol–water partition coefficient (Wildman–Crippen LogP) is 5.60. The molecular formula is C25H29ClFN3O2S. The summed E-state index contributed by atoms with van der Waals surface area (Å²) in [5, 5.41) is 1.06. The van der Waals surface area contributed by atoms with Gasteiger partial charge in [-0.3, -0.25) is 9.69 Å². The van der Waals surface area contributed by atoms with Gasteiger partial charge in [0.15, 0.2) is 5.13 Å². The first-order valence-corrected chi connectivity index (χ1v) is 12.5. The summed E-state index contributed by atoms with van der Waals surface area (Å²) >= 11 is 7.52. The Labute approximate surface area is 203 Å². The molecule has 0 aliphatic carbocycles. The number of benzene rings is 2. The number of carbonyl (C=O) groups excluding carboxylic acids is 1. The van der Waals surface area contributed by atoms with Crippen molar-refractivity contribution < 1.29 is 13.9 Å². The summed E-state index contributed by atoms with van der Waals surface area (Å²) in [7, 11) is 0. The molecule has 1 aromatic heterocycles. The molecule has 0 spiro atoms. The van der Waals surface area contributed by atoms with Crippen molar-refractivity contribution in [3.8, 4) is 0 Å². The number of hydrogen-bond donors (Lipinski definition) is 0. The van der Waals surface area contributed by atoms with Gasteiger partial charge in [-0.25, -0.2) is 9.37 Å². The van der Waals surface area contributed by atoms with E-state index >= 15 is 0 Å². The molecule has 5 nitrogen and oxygen atoms in total. The minimum atomic E-state index is -0.432. The van der Waals surface area contributed by atoms with Gasteiger partial charge in [0.05, 0.1) is 28.3 Å². The van der Waals surface area contributed by atoms with Gasteiger partial charge in [-0.1, -0.05) is 53.6 Å². The molecule has 4 rings (SSSR count). The van der Waals surface area contributed by atoms with Crippen molar-refractivity contribution in [1.82, 2.24) is 9.88 Å². The normalized spacial score (nSPS) is 17.0. The number of halogens is 2. The van der Waals surface area contributed by atoms with Crippen molar-refractivity contribution in [3.63, 3.8) is 0 Å². The number of carbonyl (C=O) groups is 1. The number of piperazine rings is 1. The first-order valence-electron chi connectivity index (χ1n) is 11.4. The maximum absolute atomic E-state index is 13.9. The lowest BCUT2D eigenvalue weighted by molar-refractivity contribution is -0.142. The summed E-state index contributed by atoms with van der Waals surface area (Å²) < 4.78 is 19.9. The topological polar surface area (TPSA) is 45.7 Å². The van der Waals surface area contributed by atoms with Gasteiger partial charge in [0, 0.05) is 38.3 Å². The van der Waals surface area contributed by atoms with Crippen molar-refractivity contribution in [3.05, 3.63) is 57.9 Å². The fourth-order valence-corrected chi connectivity index (χ4v) is 5.79. The quantitative estimate of drug-likeness (QED) is 0.404. The van der Waals surface area contributed by atoms with Gasteiger partial charge >= 0.3 is 5.97 Å². The van der Waals surface area contributed by atoms with E-state index in [-0.39, 0.29) is 11.0 Å². The molecule has 2 aromatic carbocycles. The standard InChI is InChI=1S/C25H29ClFN3O2S/c1-4-19-15-29(14-18-9-16(3)8-17(10-18)11-24(31)32-5-2)6-7-30(19)25-28-22-13-21(27)20(26)12-23(22)33-25/h8-10,12-13,19H,4-7,11,14-15H2,1-3H3/t19-/m0/s1. The highest BCUT2D eigenvalue weighted by Gasteiger charge is 2.28. The second-order valence-corrected chi connectivity index (χ2v) is 9.95. The minimum absolute atomic E-state index is 0.134. The monoisotopic (exact) mass is 489 g/mol. The zero-order valence-electron chi connectivity index (χ0n) is 19.2. The van der Waals surface area contributed by atoms with Gasteiger partial charge in [0.25, 0.3) is 0 Å². The first-order chi connectivity index (χ1) is 15.9. The van der Waals surface area contributed by atoms with E-state index in [0.29, 0.717) is 24.6 Å². The summed E-state index contributed by atoms with van der Waals surface area (Å²) in [6.45, 7) is 9.99. The Bertz CT molecular complexity index is 1110. The van der Waals surface area contributed by atoms with Crippen molar-refractivity contribution in [1.29, 1.82) is 0 Å². The van der Waals surface area contributed by atoms with Crippen LogP contribution in [0.4, 0.5) is 9.52 Å². The van der Waals surface area contributed by atoms with Crippen LogP contribution in [0.5, 0.6) is 0 Å². The van der Waals surface area contributed by atoms with Crippen molar-refractivity contribution >= 4 is 44.3 Å². The summed E-state index contributed by atoms with van der Waals surface area (Å²) in [6, 6.07) is 9.76. The molecule has 33 heavy (non-hydrogen) atoms. The predicted molar refractivity (Wildman–Crippen MR) is 133 cm³/mol. The van der Waals surface area contributed by atoms with Gasteiger partial charge in [-0.15, -0.1) is 0 Å². The minimum Gasteiger partial charge on any atom is -0.466 e. The van der Waals surface area contributed by atoms with Crippen LogP contribution < -0.4 is 4.90 Å². The van der Waals surface area contributed by atoms with E-state index in [0.717, 1.165) is 53.6 Å². The van der Waals surface area contributed by atoms with Crippen LogP contribution in [0.3, 0.4) is 0 Å². The molecule has 1 aliphatic rings. The van der Waals surface area contributed by atoms with E-state index in [1.807, 2.05) is 6.92 Å². The average molecular weight is 490 g/mol. The third kappa shape index (κ3) is 5.65. The summed E-state index contributed by atoms with van der Waals surface area (Å²) in [5.41, 5.74) is 4.01. The summed E-state index contributed by atoms with van der Waals surface area (Å²) in [6.07, 6.45) is 1.29. The Kier molecular flexibility index (Phi) is 7.51. The van der Waals surface area contributed by atoms with Crippen molar-refractivity contribution in [2.45, 2.75) is 46.2 Å². The highest BCUT2D eigenvalue weighted by atomic mass is 35.5. The zero-order chi connectivity index (χ0) is 23.5. The maximum atomic E-state index is 13.9. The number of rotatable bonds is 7. The lowest BCUT2D eigenvalue weighted by Gasteiger charge is -2.41. The van der Waals surface area contributed by atoms with Crippen molar-refractivity contribution in [2.75, 3.05) is 31.1 Å². The van der Waals surface area contributed by atoms with Crippen LogP contribution in [-0.4, -0.2) is 48.1 Å². The molecule has 1 saturated heterocycles. The third-order valence-electron chi connectivity index (χ3n) is 5.96. The van der Waals surface area contributed by atoms with E-state index in [9.17, 15) is 9.18 Å². The van der Waals surface area contributed by atoms with Crippen LogP contribution in [-0.2, 0) is 22.5 Å². The molecule has 2 heterocycles. The number of aryl methyl sites for hydroxylation is 1. The van der Waals surface area contributed by atoms with Gasteiger partial charge in [-0.2, -0.15) is 0 Å². The molecule has 0 bridgehead atoms. The number of anilines is 1. The van der Waals surface area contributed by atoms with Gasteiger partial charge in [0.2, 0.25) is 0 Å². The van der Waals surface area contributed by atoms with Crippen LogP contribution in [0.25, 0.3) is 10.2 Å². The highest BCUT2D eigenvalue weighted by Crippen LogP contribution is 2.34. The Balaban J connectivity index is 1.46.